The number of nitrogens with zero attached hydrogens (tertiary/aromatic N) is 1. The zero-order chi connectivity index (χ0) is 10.6. The highest BCUT2D eigenvalue weighted by molar-refractivity contribution is 9.18. The van der Waals surface area contributed by atoms with Gasteiger partial charge in [0, 0.05) is 28.7 Å². The Labute approximate surface area is 93.0 Å². The van der Waals surface area contributed by atoms with Gasteiger partial charge in [0.1, 0.15) is 0 Å². The Bertz CT molecular complexity index is 308. The summed E-state index contributed by atoms with van der Waals surface area (Å²) in [7, 11) is 1.74. The Morgan fingerprint density at radius 2 is 1.93 bits per heavy atom. The Kier molecular flexibility index (Phi) is 4.14. The minimum absolute atomic E-state index is 0.124. The van der Waals surface area contributed by atoms with Crippen molar-refractivity contribution in [3.63, 3.8) is 0 Å². The smallest absolute Gasteiger partial charge is 0.293 e. The van der Waals surface area contributed by atoms with Crippen LogP contribution in [0, 0.1) is 0 Å². The summed E-state index contributed by atoms with van der Waals surface area (Å²) in [6.45, 7) is 2.15. The van der Waals surface area contributed by atoms with Gasteiger partial charge in [0.2, 0.25) is 0 Å². The zero-order valence-electron chi connectivity index (χ0n) is 8.46. The summed E-state index contributed by atoms with van der Waals surface area (Å²) in [5.74, 6) is 0. The molecule has 0 N–H and O–H groups in total. The second-order valence-electron chi connectivity index (χ2n) is 3.23. The molecule has 0 fully saturated rings. The Morgan fingerprint density at radius 3 is 2.36 bits per heavy atom. The molecule has 0 aliphatic carbocycles. The third-order valence-corrected chi connectivity index (χ3v) is 2.66. The number of anilines is 1. The number of benzene rings is 1. The van der Waals surface area contributed by atoms with Crippen LogP contribution in [0.2, 0.25) is 0 Å². The van der Waals surface area contributed by atoms with Crippen molar-refractivity contribution >= 4 is 26.4 Å². The first-order valence-corrected chi connectivity index (χ1v) is 5.46. The average Bonchev–Trinajstić information content (AvgIpc) is 2.18. The maximum atomic E-state index is 11.0. The predicted octanol–water partition coefficient (Wildman–Crippen LogP) is 3.59. The topological polar surface area (TPSA) is 20.3 Å². The first kappa shape index (κ1) is 11.2. The van der Waals surface area contributed by atoms with Gasteiger partial charge in [0.15, 0.2) is 0 Å². The van der Waals surface area contributed by atoms with E-state index in [2.05, 4.69) is 35.0 Å². The lowest BCUT2D eigenvalue weighted by molar-refractivity contribution is 0.267. The van der Waals surface area contributed by atoms with Crippen molar-refractivity contribution in [1.82, 2.24) is 0 Å². The number of amides is 1. The molecule has 1 amide bonds. The third-order valence-electron chi connectivity index (χ3n) is 2.13. The van der Waals surface area contributed by atoms with Crippen LogP contribution in [-0.2, 0) is 6.42 Å². The highest BCUT2D eigenvalue weighted by Crippen LogP contribution is 2.16. The maximum Gasteiger partial charge on any atom is 0.293 e. The van der Waals surface area contributed by atoms with Crippen molar-refractivity contribution in [2.45, 2.75) is 19.8 Å². The first-order chi connectivity index (χ1) is 6.65. The molecule has 0 radical (unpaired) electrons. The van der Waals surface area contributed by atoms with E-state index in [9.17, 15) is 4.79 Å². The van der Waals surface area contributed by atoms with Crippen LogP contribution in [0.25, 0.3) is 0 Å². The van der Waals surface area contributed by atoms with Crippen LogP contribution in [0.5, 0.6) is 0 Å². The first-order valence-electron chi connectivity index (χ1n) is 4.67. The van der Waals surface area contributed by atoms with Crippen molar-refractivity contribution in [2.24, 2.45) is 0 Å². The van der Waals surface area contributed by atoms with E-state index in [0.29, 0.717) is 0 Å². The Hall–Kier alpha value is -0.830. The molecule has 14 heavy (non-hydrogen) atoms. The number of rotatable bonds is 3. The standard InChI is InChI=1S/C11H14BrNO/c1-3-4-9-5-7-10(8-6-9)13(2)11(12)14/h5-8H,3-4H2,1-2H3. The lowest BCUT2D eigenvalue weighted by atomic mass is 10.1. The molecule has 0 aromatic heterocycles. The highest BCUT2D eigenvalue weighted by Gasteiger charge is 2.05. The molecule has 1 rings (SSSR count). The molecule has 0 saturated heterocycles. The van der Waals surface area contributed by atoms with Crippen LogP contribution in [0.15, 0.2) is 24.3 Å². The molecule has 1 aromatic carbocycles. The number of aryl methyl sites for hydroxylation is 1. The number of hydrogen-bond acceptors (Lipinski definition) is 1. The van der Waals surface area contributed by atoms with Gasteiger partial charge in [-0.3, -0.25) is 4.79 Å². The molecule has 0 heterocycles. The molecule has 0 saturated carbocycles. The summed E-state index contributed by atoms with van der Waals surface area (Å²) in [6.07, 6.45) is 2.23. The second kappa shape index (κ2) is 5.15. The molecule has 76 valence electrons. The molecule has 3 heteroatoms. The quantitative estimate of drug-likeness (QED) is 0.597. The van der Waals surface area contributed by atoms with Crippen molar-refractivity contribution in [2.75, 3.05) is 11.9 Å². The SMILES string of the molecule is CCCc1ccc(N(C)C(=O)Br)cc1. The van der Waals surface area contributed by atoms with E-state index in [0.717, 1.165) is 18.5 Å². The lowest BCUT2D eigenvalue weighted by Gasteiger charge is -2.13. The monoisotopic (exact) mass is 255 g/mol. The molecule has 0 aliphatic rings. The summed E-state index contributed by atoms with van der Waals surface area (Å²) in [5, 5.41) is 0. The molecule has 0 unspecified atom stereocenters. The Balaban J connectivity index is 2.77. The fourth-order valence-corrected chi connectivity index (χ4v) is 1.48. The number of carbonyl (C=O) groups excluding carboxylic acids is 1. The lowest BCUT2D eigenvalue weighted by Crippen LogP contribution is -2.18. The van der Waals surface area contributed by atoms with Crippen LogP contribution in [0.1, 0.15) is 18.9 Å². The van der Waals surface area contributed by atoms with Crippen LogP contribution in [0.3, 0.4) is 0 Å². The fourth-order valence-electron chi connectivity index (χ4n) is 1.28. The van der Waals surface area contributed by atoms with Gasteiger partial charge in [-0.15, -0.1) is 0 Å². The predicted molar refractivity (Wildman–Crippen MR) is 63.2 cm³/mol. The van der Waals surface area contributed by atoms with Crippen molar-refractivity contribution < 1.29 is 4.79 Å². The summed E-state index contributed by atoms with van der Waals surface area (Å²) in [6, 6.07) is 8.05. The van der Waals surface area contributed by atoms with Gasteiger partial charge in [-0.25, -0.2) is 0 Å². The molecule has 0 spiro atoms. The molecular formula is C11H14BrNO. The Morgan fingerprint density at radius 1 is 1.36 bits per heavy atom. The normalized spacial score (nSPS) is 9.93. The summed E-state index contributed by atoms with van der Waals surface area (Å²) < 4.78 is 0. The minimum Gasteiger partial charge on any atom is -0.306 e. The van der Waals surface area contributed by atoms with Crippen LogP contribution in [-0.4, -0.2) is 11.9 Å². The average molecular weight is 256 g/mol. The van der Waals surface area contributed by atoms with Gasteiger partial charge in [0.05, 0.1) is 0 Å². The van der Waals surface area contributed by atoms with E-state index >= 15 is 0 Å². The largest absolute Gasteiger partial charge is 0.306 e. The number of halogens is 1. The molecule has 2 nitrogen and oxygen atoms in total. The van der Waals surface area contributed by atoms with Crippen LogP contribution < -0.4 is 4.90 Å². The second-order valence-corrected chi connectivity index (χ2v) is 3.91. The van der Waals surface area contributed by atoms with Crippen LogP contribution >= 0.6 is 15.9 Å². The van der Waals surface area contributed by atoms with E-state index < -0.39 is 0 Å². The van der Waals surface area contributed by atoms with Crippen molar-refractivity contribution in [3.05, 3.63) is 29.8 Å². The molecule has 0 aliphatic heterocycles. The van der Waals surface area contributed by atoms with Crippen LogP contribution in [0.4, 0.5) is 10.5 Å². The van der Waals surface area contributed by atoms with E-state index in [1.54, 1.807) is 11.9 Å². The third kappa shape index (κ3) is 2.84. The molecule has 0 atom stereocenters. The van der Waals surface area contributed by atoms with E-state index in [-0.39, 0.29) is 4.82 Å². The van der Waals surface area contributed by atoms with Crippen molar-refractivity contribution in [3.8, 4) is 0 Å². The summed E-state index contributed by atoms with van der Waals surface area (Å²) >= 11 is 2.91. The van der Waals surface area contributed by atoms with Crippen molar-refractivity contribution in [1.29, 1.82) is 0 Å². The van der Waals surface area contributed by atoms with Gasteiger partial charge < -0.3 is 4.90 Å². The highest BCUT2D eigenvalue weighted by atomic mass is 79.9. The van der Waals surface area contributed by atoms with Gasteiger partial charge in [-0.2, -0.15) is 0 Å². The summed E-state index contributed by atoms with van der Waals surface area (Å²) in [4.78, 5) is 12.4. The minimum atomic E-state index is -0.124. The maximum absolute atomic E-state index is 11.0. The van der Waals surface area contributed by atoms with E-state index in [4.69, 9.17) is 0 Å². The molecular weight excluding hydrogens is 242 g/mol. The fraction of sp³-hybridized carbons (Fsp3) is 0.364. The molecule has 0 bridgehead atoms. The van der Waals surface area contributed by atoms with E-state index in [1.807, 2.05) is 12.1 Å². The van der Waals surface area contributed by atoms with Gasteiger partial charge in [0.25, 0.3) is 4.82 Å². The molecule has 1 aromatic rings. The van der Waals surface area contributed by atoms with Gasteiger partial charge in [-0.05, 0) is 24.1 Å². The number of hydrogen-bond donors (Lipinski definition) is 0. The summed E-state index contributed by atoms with van der Waals surface area (Å²) in [5.41, 5.74) is 2.22. The van der Waals surface area contributed by atoms with Gasteiger partial charge >= 0.3 is 0 Å². The number of carbonyl (C=O) groups is 1. The van der Waals surface area contributed by atoms with Gasteiger partial charge in [-0.1, -0.05) is 25.5 Å². The van der Waals surface area contributed by atoms with E-state index in [1.165, 1.54) is 5.56 Å². The zero-order valence-corrected chi connectivity index (χ0v) is 10.0.